The molecule has 1 aliphatic heterocycles. The fourth-order valence-corrected chi connectivity index (χ4v) is 2.87. The molecule has 0 aliphatic carbocycles. The summed E-state index contributed by atoms with van der Waals surface area (Å²) in [6.45, 7) is 6.73. The normalized spacial score (nSPS) is 30.5. The number of carbonyl (C=O) groups is 1. The molecule has 0 spiro atoms. The Morgan fingerprint density at radius 2 is 1.93 bits per heavy atom. The average Bonchev–Trinajstić information content (AvgIpc) is 2.21. The number of hydrogen-bond donors (Lipinski definition) is 1. The van der Waals surface area contributed by atoms with Gasteiger partial charge in [0, 0.05) is 0 Å². The van der Waals surface area contributed by atoms with E-state index >= 15 is 0 Å². The zero-order valence-corrected chi connectivity index (χ0v) is 9.96. The molecule has 0 radical (unpaired) electrons. The fraction of sp³-hybridized carbons (Fsp3) is 0.875. The van der Waals surface area contributed by atoms with E-state index in [-0.39, 0.29) is 6.61 Å². The molecule has 88 valence electrons. The van der Waals surface area contributed by atoms with E-state index in [9.17, 15) is 13.2 Å². The lowest BCUT2D eigenvalue weighted by atomic mass is 9.75. The van der Waals surface area contributed by atoms with Crippen LogP contribution in [0.25, 0.3) is 0 Å². The highest BCUT2D eigenvalue weighted by atomic mass is 32.2. The zero-order chi connectivity index (χ0) is 12.1. The smallest absolute Gasteiger partial charge is 0.423 e. The molecule has 6 nitrogen and oxygen atoms in total. The van der Waals surface area contributed by atoms with Gasteiger partial charge in [0.2, 0.25) is 0 Å². The molecule has 15 heavy (non-hydrogen) atoms. The first kappa shape index (κ1) is 12.3. The van der Waals surface area contributed by atoms with Crippen molar-refractivity contribution in [1.82, 2.24) is 4.31 Å². The molecule has 0 aromatic carbocycles. The number of nitrogens with zero attached hydrogens (tertiary/aromatic N) is 1. The van der Waals surface area contributed by atoms with Gasteiger partial charge in [-0.05, 0) is 12.3 Å². The first-order valence-electron chi connectivity index (χ1n) is 4.45. The summed E-state index contributed by atoms with van der Waals surface area (Å²) in [6.07, 6.45) is -1.51. The Hall–Kier alpha value is -0.820. The van der Waals surface area contributed by atoms with Crippen LogP contribution in [0, 0.1) is 5.41 Å². The SMILES string of the molecule is CC(C)(C)C1(C)COS(=O)(=O)N1C(=O)O. The summed E-state index contributed by atoms with van der Waals surface area (Å²) in [7, 11) is -4.14. The van der Waals surface area contributed by atoms with E-state index in [1.165, 1.54) is 0 Å². The predicted molar refractivity (Wildman–Crippen MR) is 52.6 cm³/mol. The molecule has 0 saturated carbocycles. The number of amides is 1. The minimum Gasteiger partial charge on any atom is -0.464 e. The first-order chi connectivity index (χ1) is 6.52. The van der Waals surface area contributed by atoms with Gasteiger partial charge in [-0.15, -0.1) is 0 Å². The third kappa shape index (κ3) is 1.69. The van der Waals surface area contributed by atoms with E-state index in [0.717, 1.165) is 0 Å². The van der Waals surface area contributed by atoms with Gasteiger partial charge in [-0.1, -0.05) is 20.8 Å². The summed E-state index contributed by atoms with van der Waals surface area (Å²) in [4.78, 5) is 10.9. The van der Waals surface area contributed by atoms with Gasteiger partial charge in [-0.25, -0.2) is 4.79 Å². The molecule has 1 heterocycles. The molecule has 1 fully saturated rings. The van der Waals surface area contributed by atoms with Gasteiger partial charge < -0.3 is 5.11 Å². The Bertz CT molecular complexity index is 382. The van der Waals surface area contributed by atoms with Crippen molar-refractivity contribution in [2.45, 2.75) is 33.2 Å². The lowest BCUT2D eigenvalue weighted by Crippen LogP contribution is -2.55. The van der Waals surface area contributed by atoms with Crippen molar-refractivity contribution >= 4 is 16.4 Å². The second-order valence-electron chi connectivity index (χ2n) is 4.79. The van der Waals surface area contributed by atoms with Crippen LogP contribution in [0.2, 0.25) is 0 Å². The van der Waals surface area contributed by atoms with Gasteiger partial charge in [-0.2, -0.15) is 12.7 Å². The van der Waals surface area contributed by atoms with Crippen LogP contribution in [0.5, 0.6) is 0 Å². The van der Waals surface area contributed by atoms with Crippen molar-refractivity contribution < 1.29 is 22.5 Å². The second kappa shape index (κ2) is 3.08. The molecule has 0 aromatic heterocycles. The summed E-state index contributed by atoms with van der Waals surface area (Å²) >= 11 is 0. The van der Waals surface area contributed by atoms with E-state index in [2.05, 4.69) is 4.18 Å². The third-order valence-corrected chi connectivity index (χ3v) is 4.37. The van der Waals surface area contributed by atoms with Crippen LogP contribution in [0.4, 0.5) is 4.79 Å². The first-order valence-corrected chi connectivity index (χ1v) is 5.81. The molecule has 0 bridgehead atoms. The topological polar surface area (TPSA) is 83.9 Å². The highest BCUT2D eigenvalue weighted by molar-refractivity contribution is 7.85. The van der Waals surface area contributed by atoms with Gasteiger partial charge in [-0.3, -0.25) is 4.18 Å². The number of hydrogen-bond acceptors (Lipinski definition) is 4. The number of carboxylic acid groups (broad SMARTS) is 1. The highest BCUT2D eigenvalue weighted by Gasteiger charge is 2.57. The number of rotatable bonds is 0. The monoisotopic (exact) mass is 237 g/mol. The molecule has 0 aromatic rings. The molecule has 1 unspecified atom stereocenters. The molecule has 1 saturated heterocycles. The van der Waals surface area contributed by atoms with Crippen LogP contribution in [0.15, 0.2) is 0 Å². The quantitative estimate of drug-likeness (QED) is 0.680. The van der Waals surface area contributed by atoms with Gasteiger partial charge in [0.05, 0.1) is 12.1 Å². The molecule has 1 aliphatic rings. The van der Waals surface area contributed by atoms with Crippen LogP contribution in [-0.4, -0.2) is 36.1 Å². The lowest BCUT2D eigenvalue weighted by Gasteiger charge is -2.40. The average molecular weight is 237 g/mol. The Morgan fingerprint density at radius 1 is 1.47 bits per heavy atom. The zero-order valence-electron chi connectivity index (χ0n) is 9.14. The molecule has 1 amide bonds. The van der Waals surface area contributed by atoms with Crippen molar-refractivity contribution in [3.05, 3.63) is 0 Å². The van der Waals surface area contributed by atoms with Crippen LogP contribution < -0.4 is 0 Å². The van der Waals surface area contributed by atoms with Gasteiger partial charge >= 0.3 is 16.4 Å². The summed E-state index contributed by atoms with van der Waals surface area (Å²) in [5, 5.41) is 8.91. The predicted octanol–water partition coefficient (Wildman–Crippen LogP) is 1.05. The van der Waals surface area contributed by atoms with E-state index in [4.69, 9.17) is 5.11 Å². The Kier molecular flexibility index (Phi) is 2.52. The summed E-state index contributed by atoms with van der Waals surface area (Å²) < 4.78 is 27.8. The van der Waals surface area contributed by atoms with E-state index < -0.39 is 27.4 Å². The lowest BCUT2D eigenvalue weighted by molar-refractivity contribution is 0.0677. The van der Waals surface area contributed by atoms with Crippen molar-refractivity contribution in [2.24, 2.45) is 5.41 Å². The largest absolute Gasteiger partial charge is 0.464 e. The molecular formula is C8H15NO5S. The van der Waals surface area contributed by atoms with E-state index in [1.807, 2.05) is 0 Å². The van der Waals surface area contributed by atoms with Crippen LogP contribution in [-0.2, 0) is 14.5 Å². The van der Waals surface area contributed by atoms with E-state index in [1.54, 1.807) is 27.7 Å². The molecule has 1 rings (SSSR count). The fourth-order valence-electron chi connectivity index (χ4n) is 1.38. The van der Waals surface area contributed by atoms with Gasteiger partial charge in [0.15, 0.2) is 0 Å². The van der Waals surface area contributed by atoms with Crippen molar-refractivity contribution in [3.63, 3.8) is 0 Å². The molecule has 7 heteroatoms. The maximum atomic E-state index is 11.4. The highest BCUT2D eigenvalue weighted by Crippen LogP contribution is 2.42. The minimum absolute atomic E-state index is 0.148. The van der Waals surface area contributed by atoms with E-state index in [0.29, 0.717) is 4.31 Å². The Labute approximate surface area is 89.1 Å². The van der Waals surface area contributed by atoms with Crippen LogP contribution >= 0.6 is 0 Å². The summed E-state index contributed by atoms with van der Waals surface area (Å²) in [6, 6.07) is 0. The van der Waals surface area contributed by atoms with Crippen LogP contribution in [0.3, 0.4) is 0 Å². The maximum absolute atomic E-state index is 11.4. The molecule has 1 N–H and O–H groups in total. The van der Waals surface area contributed by atoms with Gasteiger partial charge in [0.1, 0.15) is 0 Å². The summed E-state index contributed by atoms with van der Waals surface area (Å²) in [5.74, 6) is 0. The second-order valence-corrected chi connectivity index (χ2v) is 6.25. The minimum atomic E-state index is -4.14. The standard InChI is InChI=1S/C8H15NO5S/c1-7(2,3)8(4)5-14-15(12,13)9(8)6(10)11/h5H2,1-4H3,(H,10,11). The van der Waals surface area contributed by atoms with Crippen molar-refractivity contribution in [1.29, 1.82) is 0 Å². The van der Waals surface area contributed by atoms with Crippen LogP contribution in [0.1, 0.15) is 27.7 Å². The van der Waals surface area contributed by atoms with Gasteiger partial charge in [0.25, 0.3) is 0 Å². The third-order valence-electron chi connectivity index (χ3n) is 2.95. The van der Waals surface area contributed by atoms with Crippen molar-refractivity contribution in [3.8, 4) is 0 Å². The Morgan fingerprint density at radius 3 is 2.20 bits per heavy atom. The maximum Gasteiger partial charge on any atom is 0.423 e. The summed E-state index contributed by atoms with van der Waals surface area (Å²) in [5.41, 5.74) is -1.60. The molecule has 1 atom stereocenters. The Balaban J connectivity index is 3.30. The molecular weight excluding hydrogens is 222 g/mol. The van der Waals surface area contributed by atoms with Crippen molar-refractivity contribution in [2.75, 3.05) is 6.61 Å².